The van der Waals surface area contributed by atoms with Gasteiger partial charge in [-0.15, -0.1) is 0 Å². The second kappa shape index (κ2) is 8.49. The number of aryl methyl sites for hydroxylation is 1. The van der Waals surface area contributed by atoms with E-state index in [0.29, 0.717) is 42.8 Å². The molecule has 1 aliphatic heterocycles. The molecule has 6 rings (SSSR count). The van der Waals surface area contributed by atoms with Crippen LogP contribution in [0.15, 0.2) is 35.4 Å². The van der Waals surface area contributed by atoms with E-state index in [0.717, 1.165) is 18.4 Å². The zero-order valence-corrected chi connectivity index (χ0v) is 20.2. The predicted octanol–water partition coefficient (Wildman–Crippen LogP) is 4.66. The smallest absolute Gasteiger partial charge is 0.279 e. The molecule has 0 amide bonds. The van der Waals surface area contributed by atoms with Crippen LogP contribution >= 0.6 is 11.6 Å². The number of hydrogen-bond donors (Lipinski definition) is 0. The molecule has 2 atom stereocenters. The van der Waals surface area contributed by atoms with Crippen LogP contribution < -0.4 is 5.56 Å². The van der Waals surface area contributed by atoms with E-state index < -0.39 is 5.82 Å². The van der Waals surface area contributed by atoms with E-state index in [9.17, 15) is 9.18 Å². The molecular weight excluding hydrogens is 471 g/mol. The molecule has 0 bridgehead atoms. The lowest BCUT2D eigenvalue weighted by Crippen LogP contribution is -2.25. The SMILES string of the molecule is Cc1nc2c(-c3ccc(Cl)cc3F)nc([C@H]3CCO[C@@H](c4cnn(C5CC5)c4)C3)nc2c(=O)n1C. The molecule has 8 nitrogen and oxygen atoms in total. The fourth-order valence-corrected chi connectivity index (χ4v) is 4.80. The summed E-state index contributed by atoms with van der Waals surface area (Å²) in [4.78, 5) is 27.2. The summed E-state index contributed by atoms with van der Waals surface area (Å²) >= 11 is 5.98. The van der Waals surface area contributed by atoms with E-state index >= 15 is 0 Å². The second-order valence-electron chi connectivity index (χ2n) is 9.34. The molecular formula is C25H24ClFN6O2. The van der Waals surface area contributed by atoms with Gasteiger partial charge in [0.05, 0.1) is 18.3 Å². The molecule has 0 N–H and O–H groups in total. The van der Waals surface area contributed by atoms with Gasteiger partial charge in [0, 0.05) is 41.9 Å². The fourth-order valence-electron chi connectivity index (χ4n) is 4.64. The number of benzene rings is 1. The number of hydrogen-bond acceptors (Lipinski definition) is 6. The van der Waals surface area contributed by atoms with Crippen molar-refractivity contribution >= 4 is 22.6 Å². The summed E-state index contributed by atoms with van der Waals surface area (Å²) in [7, 11) is 1.65. The Morgan fingerprint density at radius 3 is 2.74 bits per heavy atom. The predicted molar refractivity (Wildman–Crippen MR) is 129 cm³/mol. The molecule has 1 saturated heterocycles. The van der Waals surface area contributed by atoms with E-state index in [1.54, 1.807) is 26.1 Å². The maximum atomic E-state index is 15.0. The Morgan fingerprint density at radius 2 is 1.97 bits per heavy atom. The normalized spacial score (nSPS) is 20.5. The van der Waals surface area contributed by atoms with Crippen LogP contribution in [0.3, 0.4) is 0 Å². The van der Waals surface area contributed by atoms with E-state index in [-0.39, 0.29) is 39.2 Å². The molecule has 4 aromatic rings. The summed E-state index contributed by atoms with van der Waals surface area (Å²) in [6, 6.07) is 4.90. The van der Waals surface area contributed by atoms with Crippen molar-refractivity contribution in [3.63, 3.8) is 0 Å². The highest BCUT2D eigenvalue weighted by molar-refractivity contribution is 6.30. The monoisotopic (exact) mass is 494 g/mol. The molecule has 0 spiro atoms. The van der Waals surface area contributed by atoms with Crippen molar-refractivity contribution < 1.29 is 9.13 Å². The van der Waals surface area contributed by atoms with Gasteiger partial charge in [-0.25, -0.2) is 19.3 Å². The van der Waals surface area contributed by atoms with Gasteiger partial charge in [-0.05, 0) is 50.8 Å². The van der Waals surface area contributed by atoms with Crippen LogP contribution in [0.1, 0.15) is 61.0 Å². The molecule has 4 heterocycles. The lowest BCUT2D eigenvalue weighted by molar-refractivity contribution is 0.00397. The van der Waals surface area contributed by atoms with Crippen molar-refractivity contribution in [1.82, 2.24) is 29.3 Å². The molecule has 0 unspecified atom stereocenters. The van der Waals surface area contributed by atoms with Crippen LogP contribution in [0.25, 0.3) is 22.3 Å². The third-order valence-electron chi connectivity index (χ3n) is 6.92. The van der Waals surface area contributed by atoms with Gasteiger partial charge in [0.15, 0.2) is 5.52 Å². The van der Waals surface area contributed by atoms with Crippen molar-refractivity contribution in [3.05, 3.63) is 69.0 Å². The highest BCUT2D eigenvalue weighted by Crippen LogP contribution is 2.39. The average molecular weight is 495 g/mol. The van der Waals surface area contributed by atoms with Gasteiger partial charge in [-0.3, -0.25) is 14.0 Å². The van der Waals surface area contributed by atoms with Crippen LogP contribution in [-0.4, -0.2) is 35.9 Å². The molecule has 2 fully saturated rings. The summed E-state index contributed by atoms with van der Waals surface area (Å²) < 4.78 is 24.5. The highest BCUT2D eigenvalue weighted by Gasteiger charge is 2.31. The zero-order valence-electron chi connectivity index (χ0n) is 19.4. The minimum atomic E-state index is -0.527. The second-order valence-corrected chi connectivity index (χ2v) is 9.78. The molecule has 1 aromatic carbocycles. The summed E-state index contributed by atoms with van der Waals surface area (Å²) in [5.74, 6) is 0.393. The first kappa shape index (κ1) is 22.3. The number of halogens is 2. The number of rotatable bonds is 4. The Labute approximate surface area is 205 Å². The Morgan fingerprint density at radius 1 is 1.14 bits per heavy atom. The average Bonchev–Trinajstić information content (AvgIpc) is 3.59. The highest BCUT2D eigenvalue weighted by atomic mass is 35.5. The molecule has 180 valence electrons. The Balaban J connectivity index is 1.45. The van der Waals surface area contributed by atoms with Gasteiger partial charge >= 0.3 is 0 Å². The van der Waals surface area contributed by atoms with Crippen molar-refractivity contribution in [2.75, 3.05) is 6.61 Å². The lowest BCUT2D eigenvalue weighted by atomic mass is 9.92. The lowest BCUT2D eigenvalue weighted by Gasteiger charge is -2.28. The molecule has 35 heavy (non-hydrogen) atoms. The van der Waals surface area contributed by atoms with Crippen molar-refractivity contribution in [2.45, 2.75) is 50.7 Å². The maximum absolute atomic E-state index is 15.0. The fraction of sp³-hybridized carbons (Fsp3) is 0.400. The third kappa shape index (κ3) is 4.02. The van der Waals surface area contributed by atoms with Crippen LogP contribution in [0, 0.1) is 12.7 Å². The van der Waals surface area contributed by atoms with Crippen LogP contribution in [0.5, 0.6) is 0 Å². The summed E-state index contributed by atoms with van der Waals surface area (Å²) in [5, 5.41) is 4.77. The van der Waals surface area contributed by atoms with Crippen molar-refractivity contribution in [3.8, 4) is 11.3 Å². The molecule has 1 saturated carbocycles. The number of fused-ring (bicyclic) bond motifs is 1. The Kier molecular flexibility index (Phi) is 5.41. The Bertz CT molecular complexity index is 1510. The Hall–Kier alpha value is -3.17. The van der Waals surface area contributed by atoms with Crippen molar-refractivity contribution in [2.24, 2.45) is 7.05 Å². The van der Waals surface area contributed by atoms with Gasteiger partial charge in [0.1, 0.15) is 28.7 Å². The molecule has 3 aromatic heterocycles. The topological polar surface area (TPSA) is 87.7 Å². The summed E-state index contributed by atoms with van der Waals surface area (Å²) in [5.41, 5.74) is 1.73. The molecule has 1 aliphatic carbocycles. The van der Waals surface area contributed by atoms with Crippen molar-refractivity contribution in [1.29, 1.82) is 0 Å². The standard InChI is InChI=1S/C25H24ClFN6O2/c1-13-29-22-21(18-6-3-16(26)10-19(18)27)30-24(31-23(22)25(34)32(13)2)14-7-8-35-20(9-14)15-11-28-33(12-15)17-4-5-17/h3,6,10-12,14,17,20H,4-5,7-9H2,1-2H3/t14-,20+/m0/s1. The summed E-state index contributed by atoms with van der Waals surface area (Å²) in [6.45, 7) is 2.25. The zero-order chi connectivity index (χ0) is 24.3. The van der Waals surface area contributed by atoms with E-state index in [2.05, 4.69) is 21.3 Å². The van der Waals surface area contributed by atoms with Gasteiger partial charge < -0.3 is 4.74 Å². The summed E-state index contributed by atoms with van der Waals surface area (Å²) in [6.07, 6.45) is 7.44. The molecule has 2 aliphatic rings. The maximum Gasteiger partial charge on any atom is 0.279 e. The largest absolute Gasteiger partial charge is 0.373 e. The molecule has 0 radical (unpaired) electrons. The van der Waals surface area contributed by atoms with Crippen LogP contribution in [-0.2, 0) is 11.8 Å². The first-order chi connectivity index (χ1) is 16.9. The third-order valence-corrected chi connectivity index (χ3v) is 7.15. The number of aromatic nitrogens is 6. The van der Waals surface area contributed by atoms with E-state index in [1.165, 1.54) is 10.6 Å². The molecule has 10 heteroatoms. The van der Waals surface area contributed by atoms with Crippen LogP contribution in [0.4, 0.5) is 4.39 Å². The van der Waals surface area contributed by atoms with E-state index in [4.69, 9.17) is 21.3 Å². The first-order valence-corrected chi connectivity index (χ1v) is 12.1. The minimum Gasteiger partial charge on any atom is -0.373 e. The number of nitrogens with zero attached hydrogens (tertiary/aromatic N) is 6. The quantitative estimate of drug-likeness (QED) is 0.410. The van der Waals surface area contributed by atoms with E-state index in [1.807, 2.05) is 10.9 Å². The minimum absolute atomic E-state index is 0.0671. The van der Waals surface area contributed by atoms with Gasteiger partial charge in [-0.2, -0.15) is 5.10 Å². The van der Waals surface area contributed by atoms with Gasteiger partial charge in [-0.1, -0.05) is 11.6 Å². The van der Waals surface area contributed by atoms with Crippen LogP contribution in [0.2, 0.25) is 5.02 Å². The first-order valence-electron chi connectivity index (χ1n) is 11.8. The van der Waals surface area contributed by atoms with Gasteiger partial charge in [0.25, 0.3) is 5.56 Å². The van der Waals surface area contributed by atoms with Gasteiger partial charge in [0.2, 0.25) is 0 Å². The number of ether oxygens (including phenoxy) is 1.